The summed E-state index contributed by atoms with van der Waals surface area (Å²) in [6.45, 7) is 5.40. The molecule has 110 valence electrons. The van der Waals surface area contributed by atoms with Crippen LogP contribution in [0.2, 0.25) is 0 Å². The highest BCUT2D eigenvalue weighted by atomic mass is 127. The zero-order valence-corrected chi connectivity index (χ0v) is 13.6. The predicted octanol–water partition coefficient (Wildman–Crippen LogP) is 1.76. The van der Waals surface area contributed by atoms with Crippen LogP contribution in [0.5, 0.6) is 0 Å². The number of ether oxygens (including phenoxy) is 1. The largest absolute Gasteiger partial charge is 0.480 e. The molecule has 7 nitrogen and oxygen atoms in total. The van der Waals surface area contributed by atoms with Crippen LogP contribution in [0.1, 0.15) is 32.2 Å². The smallest absolute Gasteiger partial charge is 0.411 e. The highest BCUT2D eigenvalue weighted by Crippen LogP contribution is 2.24. The number of rotatable bonds is 1. The Balaban J connectivity index is 2.26. The van der Waals surface area contributed by atoms with Crippen LogP contribution in [-0.2, 0) is 22.5 Å². The molecule has 1 aromatic heterocycles. The molecule has 0 spiro atoms. The van der Waals surface area contributed by atoms with E-state index in [0.29, 0.717) is 9.53 Å². The predicted molar refractivity (Wildman–Crippen MR) is 78.2 cm³/mol. The molecule has 8 heteroatoms. The van der Waals surface area contributed by atoms with E-state index in [1.807, 2.05) is 22.6 Å². The average Bonchev–Trinajstić information content (AvgIpc) is 2.63. The number of carbonyl (C=O) groups is 2. The summed E-state index contributed by atoms with van der Waals surface area (Å²) >= 11 is 2.02. The third kappa shape index (κ3) is 3.22. The number of nitrogens with zero attached hydrogens (tertiary/aromatic N) is 2. The van der Waals surface area contributed by atoms with E-state index in [4.69, 9.17) is 4.74 Å². The van der Waals surface area contributed by atoms with Crippen molar-refractivity contribution < 1.29 is 19.4 Å². The van der Waals surface area contributed by atoms with Gasteiger partial charge in [-0.1, -0.05) is 0 Å². The zero-order chi connectivity index (χ0) is 15.1. The number of amides is 1. The van der Waals surface area contributed by atoms with Crippen molar-refractivity contribution in [3.05, 3.63) is 15.2 Å². The third-order valence-electron chi connectivity index (χ3n) is 2.84. The molecule has 1 aromatic rings. The fourth-order valence-electron chi connectivity index (χ4n) is 2.02. The molecular weight excluding hydrogens is 377 g/mol. The van der Waals surface area contributed by atoms with E-state index in [1.54, 1.807) is 20.8 Å². The maximum absolute atomic E-state index is 12.1. The van der Waals surface area contributed by atoms with Crippen LogP contribution in [0, 0.1) is 3.83 Å². The van der Waals surface area contributed by atoms with Gasteiger partial charge >= 0.3 is 12.1 Å². The first-order valence-corrected chi connectivity index (χ1v) is 7.21. The van der Waals surface area contributed by atoms with E-state index in [1.165, 1.54) is 4.90 Å². The summed E-state index contributed by atoms with van der Waals surface area (Å²) in [4.78, 5) is 32.0. The van der Waals surface area contributed by atoms with Crippen molar-refractivity contribution in [3.8, 4) is 0 Å². The summed E-state index contributed by atoms with van der Waals surface area (Å²) in [5, 5.41) is 9.30. The zero-order valence-electron chi connectivity index (χ0n) is 11.4. The Morgan fingerprint density at radius 3 is 2.70 bits per heavy atom. The molecule has 20 heavy (non-hydrogen) atoms. The fourth-order valence-corrected chi connectivity index (χ4v) is 2.63. The van der Waals surface area contributed by atoms with Gasteiger partial charge in [-0.25, -0.2) is 14.6 Å². The van der Waals surface area contributed by atoms with Crippen molar-refractivity contribution >= 4 is 34.7 Å². The first-order valence-electron chi connectivity index (χ1n) is 6.13. The number of carboxylic acids is 1. The number of nitrogens with one attached hydrogen (secondary N) is 1. The molecule has 1 atom stereocenters. The number of aliphatic carboxylic acids is 1. The Morgan fingerprint density at radius 2 is 2.15 bits per heavy atom. The van der Waals surface area contributed by atoms with Gasteiger partial charge in [0.15, 0.2) is 3.83 Å². The summed E-state index contributed by atoms with van der Waals surface area (Å²) in [5.41, 5.74) is 0.794. The molecular formula is C12H16IN3O4. The van der Waals surface area contributed by atoms with Crippen LogP contribution in [0.25, 0.3) is 0 Å². The summed E-state index contributed by atoms with van der Waals surface area (Å²) in [7, 11) is 0. The Kier molecular flexibility index (Phi) is 3.94. The Bertz CT molecular complexity index is 549. The van der Waals surface area contributed by atoms with E-state index in [9.17, 15) is 14.7 Å². The van der Waals surface area contributed by atoms with Gasteiger partial charge in [0, 0.05) is 6.42 Å². The van der Waals surface area contributed by atoms with Crippen LogP contribution < -0.4 is 0 Å². The molecule has 0 saturated heterocycles. The second-order valence-corrected chi connectivity index (χ2v) is 6.64. The van der Waals surface area contributed by atoms with Gasteiger partial charge in [-0.15, -0.1) is 0 Å². The lowest BCUT2D eigenvalue weighted by Crippen LogP contribution is -2.50. The maximum atomic E-state index is 12.1. The molecule has 1 aliphatic heterocycles. The molecule has 0 saturated carbocycles. The SMILES string of the molecule is CC(C)(C)OC(=O)N1Cc2[nH]c(I)nc2CC1C(=O)O. The minimum atomic E-state index is -1.06. The molecule has 1 unspecified atom stereocenters. The lowest BCUT2D eigenvalue weighted by Gasteiger charge is -2.33. The Labute approximate surface area is 129 Å². The number of fused-ring (bicyclic) bond motifs is 1. The van der Waals surface area contributed by atoms with Crippen molar-refractivity contribution in [3.63, 3.8) is 0 Å². The second kappa shape index (κ2) is 5.23. The molecule has 0 fully saturated rings. The number of hydrogen-bond acceptors (Lipinski definition) is 4. The van der Waals surface area contributed by atoms with Crippen molar-refractivity contribution in [1.82, 2.24) is 14.9 Å². The van der Waals surface area contributed by atoms with Gasteiger partial charge in [-0.2, -0.15) is 0 Å². The van der Waals surface area contributed by atoms with Gasteiger partial charge in [0.2, 0.25) is 0 Å². The minimum absolute atomic E-state index is 0.164. The summed E-state index contributed by atoms with van der Waals surface area (Å²) in [6.07, 6.45) is -0.441. The van der Waals surface area contributed by atoms with E-state index in [-0.39, 0.29) is 13.0 Å². The Morgan fingerprint density at radius 1 is 1.50 bits per heavy atom. The van der Waals surface area contributed by atoms with Crippen molar-refractivity contribution in [2.24, 2.45) is 0 Å². The molecule has 1 amide bonds. The monoisotopic (exact) mass is 393 g/mol. The average molecular weight is 393 g/mol. The summed E-state index contributed by atoms with van der Waals surface area (Å²) in [6, 6.07) is -0.948. The van der Waals surface area contributed by atoms with Gasteiger partial charge in [0.05, 0.1) is 17.9 Å². The first-order chi connectivity index (χ1) is 9.17. The van der Waals surface area contributed by atoms with Gasteiger partial charge in [-0.05, 0) is 43.4 Å². The normalized spacial score (nSPS) is 18.6. The quantitative estimate of drug-likeness (QED) is 0.709. The minimum Gasteiger partial charge on any atom is -0.480 e. The summed E-state index contributed by atoms with van der Waals surface area (Å²) in [5.74, 6) is -1.06. The van der Waals surface area contributed by atoms with Gasteiger partial charge in [-0.3, -0.25) is 4.90 Å². The molecule has 0 aromatic carbocycles. The van der Waals surface area contributed by atoms with Crippen molar-refractivity contribution in [2.75, 3.05) is 0 Å². The lowest BCUT2D eigenvalue weighted by molar-refractivity contribution is -0.143. The number of imidazole rings is 1. The molecule has 0 aliphatic carbocycles. The van der Waals surface area contributed by atoms with E-state index >= 15 is 0 Å². The molecule has 0 bridgehead atoms. The number of carboxylic acid groups (broad SMARTS) is 1. The van der Waals surface area contributed by atoms with Gasteiger partial charge in [0.25, 0.3) is 0 Å². The number of H-pyrrole nitrogens is 1. The Hall–Kier alpha value is -1.32. The molecule has 0 radical (unpaired) electrons. The second-order valence-electron chi connectivity index (χ2n) is 5.62. The highest BCUT2D eigenvalue weighted by molar-refractivity contribution is 14.1. The number of halogens is 1. The number of aromatic amines is 1. The standard InChI is InChI=1S/C12H16IN3O4/c1-12(2,3)20-11(19)16-5-7-6(14-10(13)15-7)4-8(16)9(17)18/h8H,4-5H2,1-3H3,(H,14,15)(H,17,18). The van der Waals surface area contributed by atoms with Gasteiger partial charge in [0.1, 0.15) is 11.6 Å². The van der Waals surface area contributed by atoms with Crippen molar-refractivity contribution in [2.45, 2.75) is 45.4 Å². The van der Waals surface area contributed by atoms with E-state index in [2.05, 4.69) is 9.97 Å². The van der Waals surface area contributed by atoms with Gasteiger partial charge < -0.3 is 14.8 Å². The number of aromatic nitrogens is 2. The molecule has 1 aliphatic rings. The highest BCUT2D eigenvalue weighted by Gasteiger charge is 2.38. The van der Waals surface area contributed by atoms with Crippen LogP contribution in [0.15, 0.2) is 0 Å². The van der Waals surface area contributed by atoms with Crippen LogP contribution in [0.3, 0.4) is 0 Å². The number of hydrogen-bond donors (Lipinski definition) is 2. The maximum Gasteiger partial charge on any atom is 0.411 e. The van der Waals surface area contributed by atoms with E-state index < -0.39 is 23.7 Å². The molecule has 2 rings (SSSR count). The van der Waals surface area contributed by atoms with Crippen LogP contribution in [-0.4, -0.2) is 43.7 Å². The summed E-state index contributed by atoms with van der Waals surface area (Å²) < 4.78 is 5.95. The fraction of sp³-hybridized carbons (Fsp3) is 0.583. The lowest BCUT2D eigenvalue weighted by atomic mass is 10.0. The van der Waals surface area contributed by atoms with Crippen molar-refractivity contribution in [1.29, 1.82) is 0 Å². The topological polar surface area (TPSA) is 95.5 Å². The van der Waals surface area contributed by atoms with Crippen LogP contribution in [0.4, 0.5) is 4.79 Å². The van der Waals surface area contributed by atoms with E-state index in [0.717, 1.165) is 5.69 Å². The first kappa shape index (κ1) is 15.1. The number of carbonyl (C=O) groups excluding carboxylic acids is 1. The van der Waals surface area contributed by atoms with Crippen LogP contribution >= 0.6 is 22.6 Å². The third-order valence-corrected chi connectivity index (χ3v) is 3.35. The molecule has 2 heterocycles. The molecule has 2 N–H and O–H groups in total.